The molecule has 112 valence electrons. The normalized spacial score (nSPS) is 20.8. The Labute approximate surface area is 127 Å². The number of nitrogens with one attached hydrogen (secondary N) is 1. The molecule has 1 unspecified atom stereocenters. The van der Waals surface area contributed by atoms with Crippen molar-refractivity contribution in [1.82, 2.24) is 5.32 Å². The van der Waals surface area contributed by atoms with Crippen molar-refractivity contribution < 1.29 is 4.74 Å². The Bertz CT molecular complexity index is 423. The quantitative estimate of drug-likeness (QED) is 0.858. The van der Waals surface area contributed by atoms with Gasteiger partial charge in [-0.3, -0.25) is 0 Å². The molecule has 0 radical (unpaired) electrons. The van der Waals surface area contributed by atoms with Crippen LogP contribution in [0.1, 0.15) is 51.2 Å². The maximum absolute atomic E-state index is 6.35. The minimum Gasteiger partial charge on any atom is -0.369 e. The molecule has 1 fully saturated rings. The van der Waals surface area contributed by atoms with E-state index < -0.39 is 0 Å². The van der Waals surface area contributed by atoms with Gasteiger partial charge in [0.2, 0.25) is 0 Å². The molecule has 2 rings (SSSR count). The maximum Gasteiger partial charge on any atom is 0.0967 e. The summed E-state index contributed by atoms with van der Waals surface area (Å²) in [6, 6.07) is 7.99. The van der Waals surface area contributed by atoms with Crippen LogP contribution in [0.5, 0.6) is 0 Å². The van der Waals surface area contributed by atoms with Crippen molar-refractivity contribution >= 4 is 11.6 Å². The van der Waals surface area contributed by atoms with Crippen LogP contribution in [0.15, 0.2) is 24.3 Å². The van der Waals surface area contributed by atoms with E-state index in [0.29, 0.717) is 11.5 Å². The standard InChI is InChI=1S/C17H26ClNO/c1-17(2)10-8-13(9-11-17)20-16(12-19-3)14-6-4-5-7-15(14)18/h4-7,13,16,19H,8-12H2,1-3H3. The minimum atomic E-state index is 0.0416. The third-order valence-electron chi connectivity index (χ3n) is 4.28. The fourth-order valence-electron chi connectivity index (χ4n) is 2.89. The molecule has 0 bridgehead atoms. The lowest BCUT2D eigenvalue weighted by Crippen LogP contribution is -2.30. The summed E-state index contributed by atoms with van der Waals surface area (Å²) in [5, 5.41) is 4.01. The first-order chi connectivity index (χ1) is 9.52. The molecule has 0 saturated heterocycles. The molecule has 1 atom stereocenters. The molecule has 20 heavy (non-hydrogen) atoms. The van der Waals surface area contributed by atoms with Crippen LogP contribution in [-0.4, -0.2) is 19.7 Å². The summed E-state index contributed by atoms with van der Waals surface area (Å²) in [6.07, 6.45) is 5.19. The predicted octanol–water partition coefficient (Wildman–Crippen LogP) is 4.59. The first kappa shape index (κ1) is 15.8. The van der Waals surface area contributed by atoms with Crippen molar-refractivity contribution in [3.63, 3.8) is 0 Å². The largest absolute Gasteiger partial charge is 0.369 e. The van der Waals surface area contributed by atoms with Gasteiger partial charge in [0.15, 0.2) is 0 Å². The SMILES string of the molecule is CNCC(OC1CCC(C)(C)CC1)c1ccccc1Cl. The van der Waals surface area contributed by atoms with E-state index in [2.05, 4.69) is 25.2 Å². The number of likely N-dealkylation sites (N-methyl/N-ethyl adjacent to an activating group) is 1. The topological polar surface area (TPSA) is 21.3 Å². The number of rotatable bonds is 5. The zero-order valence-corrected chi connectivity index (χ0v) is 13.5. The summed E-state index contributed by atoms with van der Waals surface area (Å²) in [5.41, 5.74) is 1.57. The van der Waals surface area contributed by atoms with Crippen LogP contribution < -0.4 is 5.32 Å². The smallest absolute Gasteiger partial charge is 0.0967 e. The zero-order chi connectivity index (χ0) is 14.6. The molecule has 1 aliphatic rings. The Morgan fingerprint density at radius 3 is 2.55 bits per heavy atom. The van der Waals surface area contributed by atoms with Crippen molar-refractivity contribution in [2.45, 2.75) is 51.7 Å². The van der Waals surface area contributed by atoms with Gasteiger partial charge in [0.05, 0.1) is 12.2 Å². The molecule has 1 aliphatic carbocycles. The highest BCUT2D eigenvalue weighted by Crippen LogP contribution is 2.38. The average molecular weight is 296 g/mol. The first-order valence-corrected chi connectivity index (χ1v) is 7.94. The van der Waals surface area contributed by atoms with E-state index in [4.69, 9.17) is 16.3 Å². The number of halogens is 1. The molecule has 0 amide bonds. The third-order valence-corrected chi connectivity index (χ3v) is 4.63. The second-order valence-electron chi connectivity index (χ2n) is 6.57. The van der Waals surface area contributed by atoms with Gasteiger partial charge in [0.25, 0.3) is 0 Å². The number of ether oxygens (including phenoxy) is 1. The van der Waals surface area contributed by atoms with E-state index in [-0.39, 0.29) is 6.10 Å². The van der Waals surface area contributed by atoms with Crippen LogP contribution in [0.25, 0.3) is 0 Å². The highest BCUT2D eigenvalue weighted by Gasteiger charge is 2.29. The molecule has 0 aliphatic heterocycles. The van der Waals surface area contributed by atoms with Crippen molar-refractivity contribution in [3.05, 3.63) is 34.9 Å². The van der Waals surface area contributed by atoms with Crippen LogP contribution in [0, 0.1) is 5.41 Å². The van der Waals surface area contributed by atoms with Gasteiger partial charge in [0, 0.05) is 17.1 Å². The highest BCUT2D eigenvalue weighted by atomic mass is 35.5. The van der Waals surface area contributed by atoms with Crippen LogP contribution >= 0.6 is 11.6 Å². The summed E-state index contributed by atoms with van der Waals surface area (Å²) in [7, 11) is 1.96. The summed E-state index contributed by atoms with van der Waals surface area (Å²) in [5.74, 6) is 0. The van der Waals surface area contributed by atoms with Crippen molar-refractivity contribution in [3.8, 4) is 0 Å². The monoisotopic (exact) mass is 295 g/mol. The van der Waals surface area contributed by atoms with Gasteiger partial charge < -0.3 is 10.1 Å². The lowest BCUT2D eigenvalue weighted by atomic mass is 9.76. The number of hydrogen-bond donors (Lipinski definition) is 1. The van der Waals surface area contributed by atoms with Crippen LogP contribution in [0.3, 0.4) is 0 Å². The summed E-state index contributed by atoms with van der Waals surface area (Å²) in [6.45, 7) is 5.49. The number of hydrogen-bond acceptors (Lipinski definition) is 2. The van der Waals surface area contributed by atoms with Gasteiger partial charge in [-0.1, -0.05) is 43.6 Å². The molecule has 1 N–H and O–H groups in total. The van der Waals surface area contributed by atoms with Gasteiger partial charge in [-0.15, -0.1) is 0 Å². The second-order valence-corrected chi connectivity index (χ2v) is 6.97. The van der Waals surface area contributed by atoms with E-state index in [1.165, 1.54) is 12.8 Å². The van der Waals surface area contributed by atoms with Gasteiger partial charge in [-0.25, -0.2) is 0 Å². The predicted molar refractivity (Wildman–Crippen MR) is 85.2 cm³/mol. The van der Waals surface area contributed by atoms with E-state index in [9.17, 15) is 0 Å². The molecule has 0 spiro atoms. The Morgan fingerprint density at radius 1 is 1.30 bits per heavy atom. The molecule has 1 saturated carbocycles. The van der Waals surface area contributed by atoms with Crippen LogP contribution in [0.4, 0.5) is 0 Å². The number of benzene rings is 1. The van der Waals surface area contributed by atoms with Crippen molar-refractivity contribution in [1.29, 1.82) is 0 Å². The third kappa shape index (κ3) is 4.21. The molecular formula is C17H26ClNO. The van der Waals surface area contributed by atoms with E-state index in [1.807, 2.05) is 25.2 Å². The minimum absolute atomic E-state index is 0.0416. The lowest BCUT2D eigenvalue weighted by molar-refractivity contribution is -0.0454. The van der Waals surface area contributed by atoms with Crippen LogP contribution in [-0.2, 0) is 4.74 Å². The Balaban J connectivity index is 2.02. The Morgan fingerprint density at radius 2 is 1.95 bits per heavy atom. The molecule has 3 heteroatoms. The fraction of sp³-hybridized carbons (Fsp3) is 0.647. The zero-order valence-electron chi connectivity index (χ0n) is 12.8. The first-order valence-electron chi connectivity index (χ1n) is 7.56. The van der Waals surface area contributed by atoms with Gasteiger partial charge in [-0.2, -0.15) is 0 Å². The Hall–Kier alpha value is -0.570. The van der Waals surface area contributed by atoms with Crippen molar-refractivity contribution in [2.24, 2.45) is 5.41 Å². The average Bonchev–Trinajstić information content (AvgIpc) is 2.41. The summed E-state index contributed by atoms with van der Waals surface area (Å²) in [4.78, 5) is 0. The van der Waals surface area contributed by atoms with Crippen molar-refractivity contribution in [2.75, 3.05) is 13.6 Å². The fourth-order valence-corrected chi connectivity index (χ4v) is 3.15. The highest BCUT2D eigenvalue weighted by molar-refractivity contribution is 6.31. The van der Waals surface area contributed by atoms with E-state index >= 15 is 0 Å². The van der Waals surface area contributed by atoms with Gasteiger partial charge in [-0.05, 0) is 44.2 Å². The van der Waals surface area contributed by atoms with Gasteiger partial charge in [0.1, 0.15) is 0 Å². The Kier molecular flexibility index (Phi) is 5.48. The second kappa shape index (κ2) is 6.93. The molecular weight excluding hydrogens is 270 g/mol. The lowest BCUT2D eigenvalue weighted by Gasteiger charge is -2.36. The molecule has 0 aromatic heterocycles. The molecule has 2 nitrogen and oxygen atoms in total. The van der Waals surface area contributed by atoms with E-state index in [1.54, 1.807) is 0 Å². The van der Waals surface area contributed by atoms with E-state index in [0.717, 1.165) is 30.0 Å². The summed E-state index contributed by atoms with van der Waals surface area (Å²) >= 11 is 6.31. The molecule has 1 aromatic rings. The molecule has 1 aromatic carbocycles. The maximum atomic E-state index is 6.35. The van der Waals surface area contributed by atoms with Crippen LogP contribution in [0.2, 0.25) is 5.02 Å². The summed E-state index contributed by atoms with van der Waals surface area (Å²) < 4.78 is 6.35. The van der Waals surface area contributed by atoms with Gasteiger partial charge >= 0.3 is 0 Å². The molecule has 0 heterocycles.